The fraction of sp³-hybridized carbons (Fsp3) is 1.00. The van der Waals surface area contributed by atoms with Gasteiger partial charge in [-0.3, -0.25) is 4.55 Å². The van der Waals surface area contributed by atoms with Crippen LogP contribution in [-0.4, -0.2) is 84.6 Å². The summed E-state index contributed by atoms with van der Waals surface area (Å²) in [6, 6.07) is 0. The van der Waals surface area contributed by atoms with E-state index in [1.54, 1.807) is 0 Å². The highest BCUT2D eigenvalue weighted by atomic mass is 32.2. The largest absolute Gasteiger partial charge is 0.385 e. The summed E-state index contributed by atoms with van der Waals surface area (Å²) in [6.07, 6.45) is -16.5. The van der Waals surface area contributed by atoms with E-state index in [1.165, 1.54) is 0 Å². The van der Waals surface area contributed by atoms with Crippen molar-refractivity contribution in [2.75, 3.05) is 0 Å². The van der Waals surface area contributed by atoms with E-state index >= 15 is 0 Å². The minimum absolute atomic E-state index is 5.14. The van der Waals surface area contributed by atoms with E-state index in [0.717, 1.165) is 0 Å². The van der Waals surface area contributed by atoms with Crippen molar-refractivity contribution in [2.45, 2.75) is 71.7 Å². The average molecular weight is 628 g/mol. The highest BCUT2D eigenvalue weighted by molar-refractivity contribution is 7.86. The Hall–Kier alpha value is -1.56. The van der Waals surface area contributed by atoms with Crippen LogP contribution in [0.3, 0.4) is 0 Å². The molecule has 0 aromatic heterocycles. The van der Waals surface area contributed by atoms with Crippen LogP contribution in [0.15, 0.2) is 0 Å². The second-order valence-electron chi connectivity index (χ2n) is 6.70. The predicted molar refractivity (Wildman–Crippen MR) is 71.8 cm³/mol. The summed E-state index contributed by atoms with van der Waals surface area (Å²) in [5, 5.41) is 0. The van der Waals surface area contributed by atoms with Gasteiger partial charge in [0.1, 0.15) is 0 Å². The molecule has 0 aromatic carbocycles. The molecule has 37 heavy (non-hydrogen) atoms. The molecule has 0 fully saturated rings. The molecule has 0 aromatic rings. The zero-order valence-corrected chi connectivity index (χ0v) is 16.7. The monoisotopic (exact) mass is 628 g/mol. The molecule has 0 bridgehead atoms. The third-order valence-corrected chi connectivity index (χ3v) is 5.04. The van der Waals surface area contributed by atoms with Crippen molar-refractivity contribution in [1.29, 1.82) is 0 Å². The maximum absolute atomic E-state index is 13.5. The lowest BCUT2D eigenvalue weighted by Crippen LogP contribution is -2.76. The fourth-order valence-electron chi connectivity index (χ4n) is 2.04. The van der Waals surface area contributed by atoms with Crippen LogP contribution < -0.4 is 0 Å². The Morgan fingerprint density at radius 1 is 0.459 bits per heavy atom. The van der Waals surface area contributed by atoms with Gasteiger partial charge in [0.15, 0.2) is 6.17 Å². The van der Waals surface area contributed by atoms with Gasteiger partial charge in [0, 0.05) is 0 Å². The first kappa shape index (κ1) is 35.4. The highest BCUT2D eigenvalue weighted by Gasteiger charge is 2.96. The maximum atomic E-state index is 13.5. The van der Waals surface area contributed by atoms with Crippen molar-refractivity contribution >= 4 is 10.1 Å². The topological polar surface area (TPSA) is 54.4 Å². The van der Waals surface area contributed by atoms with Gasteiger partial charge in [-0.05, 0) is 0 Å². The van der Waals surface area contributed by atoms with Gasteiger partial charge in [-0.25, -0.2) is 22.0 Å². The summed E-state index contributed by atoms with van der Waals surface area (Å²) >= 11 is 0. The molecule has 0 amide bonds. The first-order chi connectivity index (χ1) is 15.7. The third-order valence-electron chi connectivity index (χ3n) is 4.22. The normalized spacial score (nSPS) is 18.7. The van der Waals surface area contributed by atoms with Crippen molar-refractivity contribution < 1.29 is 105 Å². The number of hydrogen-bond donors (Lipinski definition) is 1. The smallest absolute Gasteiger partial charge is 0.283 e. The maximum Gasteiger partial charge on any atom is 0.385 e. The van der Waals surface area contributed by atoms with Crippen LogP contribution in [0.5, 0.6) is 0 Å². The van der Waals surface area contributed by atoms with E-state index in [4.69, 9.17) is 4.55 Å². The zero-order chi connectivity index (χ0) is 30.8. The zero-order valence-electron chi connectivity index (χ0n) is 15.9. The van der Waals surface area contributed by atoms with Crippen LogP contribution in [0.4, 0.5) is 92.2 Å². The Balaban J connectivity index is 7.05. The molecule has 224 valence electrons. The standard InChI is InChI=1S/C12H5F21O3S/c13-1(3(15)16)2(14)5(18,19)7(22,23)9(26,27)11(30,31)12(32,33)10(28,29)8(24,25)6(20,21)4(17)37(34,35)36/h1-4H,(H,34,35,36). The van der Waals surface area contributed by atoms with Crippen molar-refractivity contribution in [3.8, 4) is 0 Å². The van der Waals surface area contributed by atoms with Gasteiger partial charge in [-0.1, -0.05) is 0 Å². The minimum Gasteiger partial charge on any atom is -0.283 e. The molecule has 0 aliphatic heterocycles. The molecule has 3 nitrogen and oxygen atoms in total. The third kappa shape index (κ3) is 4.74. The highest BCUT2D eigenvalue weighted by Crippen LogP contribution is 2.64. The summed E-state index contributed by atoms with van der Waals surface area (Å²) < 4.78 is 304. The van der Waals surface area contributed by atoms with Crippen LogP contribution in [0, 0.1) is 0 Å². The van der Waals surface area contributed by atoms with Crippen molar-refractivity contribution in [3.05, 3.63) is 0 Å². The van der Waals surface area contributed by atoms with Crippen molar-refractivity contribution in [3.63, 3.8) is 0 Å². The van der Waals surface area contributed by atoms with Crippen LogP contribution in [0.1, 0.15) is 0 Å². The van der Waals surface area contributed by atoms with Crippen LogP contribution in [0.25, 0.3) is 0 Å². The van der Waals surface area contributed by atoms with Gasteiger partial charge in [0.2, 0.25) is 6.17 Å². The number of rotatable bonds is 12. The fourth-order valence-corrected chi connectivity index (χ4v) is 2.56. The molecule has 0 saturated carbocycles. The van der Waals surface area contributed by atoms with E-state index in [2.05, 4.69) is 0 Å². The molecule has 0 aliphatic carbocycles. The first-order valence-corrected chi connectivity index (χ1v) is 9.36. The van der Waals surface area contributed by atoms with Gasteiger partial charge in [0.05, 0.1) is 0 Å². The van der Waals surface area contributed by atoms with Crippen LogP contribution in [0.2, 0.25) is 0 Å². The Labute approximate surface area is 188 Å². The molecule has 0 heterocycles. The summed E-state index contributed by atoms with van der Waals surface area (Å²) in [5.41, 5.74) is -6.14. The van der Waals surface area contributed by atoms with Gasteiger partial charge >= 0.3 is 57.5 Å². The lowest BCUT2D eigenvalue weighted by molar-refractivity contribution is -0.457. The summed E-state index contributed by atoms with van der Waals surface area (Å²) in [4.78, 5) is 0. The second-order valence-corrected chi connectivity index (χ2v) is 8.15. The molecular formula is C12H5F21O3S. The molecule has 0 saturated heterocycles. The van der Waals surface area contributed by atoms with Gasteiger partial charge in [0.25, 0.3) is 11.9 Å². The molecule has 0 radical (unpaired) electrons. The molecule has 0 rings (SSSR count). The van der Waals surface area contributed by atoms with E-state index in [-0.39, 0.29) is 0 Å². The Bertz CT molecular complexity index is 927. The lowest BCUT2D eigenvalue weighted by Gasteiger charge is -2.44. The summed E-state index contributed by atoms with van der Waals surface area (Å²) in [5.74, 6) is -69.9. The van der Waals surface area contributed by atoms with Crippen molar-refractivity contribution in [1.82, 2.24) is 0 Å². The van der Waals surface area contributed by atoms with E-state index in [1.807, 2.05) is 0 Å². The summed E-state index contributed by atoms with van der Waals surface area (Å²) in [6.45, 7) is 0. The van der Waals surface area contributed by atoms with E-state index in [0.29, 0.717) is 0 Å². The van der Waals surface area contributed by atoms with Gasteiger partial charge in [-0.2, -0.15) is 78.7 Å². The second kappa shape index (κ2) is 9.27. The van der Waals surface area contributed by atoms with Crippen molar-refractivity contribution in [2.24, 2.45) is 0 Å². The van der Waals surface area contributed by atoms with E-state index < -0.39 is 81.8 Å². The predicted octanol–water partition coefficient (Wildman–Crippen LogP) is 6.19. The molecule has 25 heteroatoms. The SMILES string of the molecule is O=S(=O)(O)C(F)C(F)(F)C(F)(F)C(F)(F)C(F)(F)C(F)(F)C(F)(F)C(F)(F)C(F)(F)C(F)C(F)C(F)F. The first-order valence-electron chi connectivity index (χ1n) is 7.86. The number of alkyl halides is 21. The van der Waals surface area contributed by atoms with Gasteiger partial charge < -0.3 is 0 Å². The Kier molecular flexibility index (Phi) is 8.88. The quantitative estimate of drug-likeness (QED) is 0.207. The Morgan fingerprint density at radius 3 is 0.946 bits per heavy atom. The van der Waals surface area contributed by atoms with E-state index in [9.17, 15) is 101 Å². The average Bonchev–Trinajstić information content (AvgIpc) is 2.69. The number of halogens is 21. The van der Waals surface area contributed by atoms with Crippen LogP contribution in [-0.2, 0) is 10.1 Å². The van der Waals surface area contributed by atoms with Crippen LogP contribution >= 0.6 is 0 Å². The minimum atomic E-state index is -9.20. The van der Waals surface area contributed by atoms with Gasteiger partial charge in [-0.15, -0.1) is 0 Å². The molecule has 0 spiro atoms. The molecule has 3 unspecified atom stereocenters. The lowest BCUT2D eigenvalue weighted by atomic mass is 9.86. The molecule has 0 aliphatic rings. The summed E-state index contributed by atoms with van der Waals surface area (Å²) in [7, 11) is -7.35. The molecule has 1 N–H and O–H groups in total. The molecular weight excluding hydrogens is 623 g/mol. The number of hydrogen-bond acceptors (Lipinski definition) is 2. The Morgan fingerprint density at radius 2 is 0.703 bits per heavy atom. The molecule has 3 atom stereocenters.